The number of benzene rings is 1. The molecule has 19 heavy (non-hydrogen) atoms. The summed E-state index contributed by atoms with van der Waals surface area (Å²) in [5.74, 6) is 0. The number of rotatable bonds is 4. The maximum atomic E-state index is 11.3. The Labute approximate surface area is 113 Å². The minimum Gasteiger partial charge on any atom is -0.382 e. The van der Waals surface area contributed by atoms with Crippen LogP contribution < -0.4 is 10.2 Å². The topological polar surface area (TPSA) is 61.6 Å². The van der Waals surface area contributed by atoms with E-state index in [9.17, 15) is 10.1 Å². The van der Waals surface area contributed by atoms with Gasteiger partial charge in [-0.15, -0.1) is 0 Å². The zero-order chi connectivity index (χ0) is 13.8. The first-order valence-corrected chi connectivity index (χ1v) is 6.59. The Morgan fingerprint density at radius 1 is 1.32 bits per heavy atom. The van der Waals surface area contributed by atoms with Gasteiger partial charge in [0.2, 0.25) is 0 Å². The van der Waals surface area contributed by atoms with Gasteiger partial charge in [-0.05, 0) is 18.7 Å². The number of hydrogen-bond donors (Lipinski definition) is 1. The molecule has 0 amide bonds. The lowest BCUT2D eigenvalue weighted by atomic mass is 10.2. The molecular weight excluding hydrogens is 244 g/mol. The van der Waals surface area contributed by atoms with Crippen LogP contribution >= 0.6 is 0 Å². The first kappa shape index (κ1) is 13.6. The molecule has 1 aliphatic rings. The number of likely N-dealkylation sites (N-methyl/N-ethyl adjacent to an activating group) is 1. The molecule has 0 radical (unpaired) electrons. The Hall–Kier alpha value is -1.82. The Kier molecular flexibility index (Phi) is 4.21. The Morgan fingerprint density at radius 2 is 2.00 bits per heavy atom. The highest BCUT2D eigenvalue weighted by Gasteiger charge is 2.25. The van der Waals surface area contributed by atoms with Crippen molar-refractivity contribution >= 4 is 17.1 Å². The lowest BCUT2D eigenvalue weighted by Crippen LogP contribution is -2.46. The fourth-order valence-corrected chi connectivity index (χ4v) is 2.49. The van der Waals surface area contributed by atoms with Gasteiger partial charge in [-0.3, -0.25) is 10.1 Å². The second-order valence-electron chi connectivity index (χ2n) is 4.60. The summed E-state index contributed by atoms with van der Waals surface area (Å²) in [6.07, 6.45) is 0. The van der Waals surface area contributed by atoms with Gasteiger partial charge in [0.1, 0.15) is 11.4 Å². The molecule has 0 spiro atoms. The molecule has 1 aromatic rings. The molecule has 0 aliphatic carbocycles. The predicted octanol–water partition coefficient (Wildman–Crippen LogP) is 1.78. The predicted molar refractivity (Wildman–Crippen MR) is 77.0 cm³/mol. The number of nitrogens with zero attached hydrogens (tertiary/aromatic N) is 3. The molecule has 0 saturated carbocycles. The molecule has 6 heteroatoms. The van der Waals surface area contributed by atoms with Crippen molar-refractivity contribution < 1.29 is 4.92 Å². The van der Waals surface area contributed by atoms with E-state index >= 15 is 0 Å². The van der Waals surface area contributed by atoms with E-state index in [0.717, 1.165) is 32.7 Å². The third-order valence-electron chi connectivity index (χ3n) is 3.63. The summed E-state index contributed by atoms with van der Waals surface area (Å²) in [6.45, 7) is 6.75. The molecule has 6 nitrogen and oxygen atoms in total. The first-order valence-electron chi connectivity index (χ1n) is 6.59. The second kappa shape index (κ2) is 5.88. The van der Waals surface area contributed by atoms with E-state index in [1.165, 1.54) is 0 Å². The zero-order valence-electron chi connectivity index (χ0n) is 11.4. The summed E-state index contributed by atoms with van der Waals surface area (Å²) in [7, 11) is 1.71. The van der Waals surface area contributed by atoms with Crippen LogP contribution in [0, 0.1) is 10.1 Å². The number of nitrogens with one attached hydrogen (secondary N) is 1. The minimum absolute atomic E-state index is 0.176. The number of hydrogen-bond acceptors (Lipinski definition) is 5. The molecule has 104 valence electrons. The largest absolute Gasteiger partial charge is 0.382 e. The number of nitro groups is 1. The molecule has 0 bridgehead atoms. The molecular formula is C13H20N4O2. The number of piperazine rings is 1. The van der Waals surface area contributed by atoms with Crippen LogP contribution in [0.3, 0.4) is 0 Å². The highest BCUT2D eigenvalue weighted by molar-refractivity contribution is 5.77. The van der Waals surface area contributed by atoms with Gasteiger partial charge in [-0.2, -0.15) is 0 Å². The molecule has 1 N–H and O–H groups in total. The van der Waals surface area contributed by atoms with Crippen LogP contribution in [-0.2, 0) is 0 Å². The summed E-state index contributed by atoms with van der Waals surface area (Å²) in [5.41, 5.74) is 1.46. The average Bonchev–Trinajstić information content (AvgIpc) is 2.46. The fraction of sp³-hybridized carbons (Fsp3) is 0.538. The van der Waals surface area contributed by atoms with Crippen molar-refractivity contribution in [1.82, 2.24) is 4.90 Å². The van der Waals surface area contributed by atoms with E-state index in [1.807, 2.05) is 12.1 Å². The summed E-state index contributed by atoms with van der Waals surface area (Å²) >= 11 is 0. The summed E-state index contributed by atoms with van der Waals surface area (Å²) in [5, 5.41) is 14.2. The minimum atomic E-state index is -0.298. The van der Waals surface area contributed by atoms with E-state index in [1.54, 1.807) is 13.1 Å². The average molecular weight is 264 g/mol. The van der Waals surface area contributed by atoms with Crippen molar-refractivity contribution in [2.24, 2.45) is 0 Å². The monoisotopic (exact) mass is 264 g/mol. The Morgan fingerprint density at radius 3 is 2.53 bits per heavy atom. The first-order chi connectivity index (χ1) is 9.17. The maximum absolute atomic E-state index is 11.3. The lowest BCUT2D eigenvalue weighted by molar-refractivity contribution is -0.383. The molecule has 1 heterocycles. The van der Waals surface area contributed by atoms with Crippen LogP contribution in [0.1, 0.15) is 6.92 Å². The Balaban J connectivity index is 2.27. The van der Waals surface area contributed by atoms with Gasteiger partial charge in [-0.1, -0.05) is 13.0 Å². The van der Waals surface area contributed by atoms with Gasteiger partial charge in [-0.25, -0.2) is 0 Å². The van der Waals surface area contributed by atoms with Crippen LogP contribution in [0.2, 0.25) is 0 Å². The van der Waals surface area contributed by atoms with Crippen molar-refractivity contribution in [2.45, 2.75) is 6.92 Å². The maximum Gasteiger partial charge on any atom is 0.315 e. The molecule has 1 saturated heterocycles. The molecule has 0 aromatic heterocycles. The van der Waals surface area contributed by atoms with Gasteiger partial charge in [0.05, 0.1) is 4.92 Å². The quantitative estimate of drug-likeness (QED) is 0.663. The summed E-state index contributed by atoms with van der Waals surface area (Å²) in [4.78, 5) is 15.4. The molecule has 2 rings (SSSR count). The molecule has 1 aliphatic heterocycles. The normalized spacial score (nSPS) is 16.4. The second-order valence-corrected chi connectivity index (χ2v) is 4.60. The van der Waals surface area contributed by atoms with Crippen LogP contribution in [0.25, 0.3) is 0 Å². The van der Waals surface area contributed by atoms with E-state index < -0.39 is 0 Å². The number of para-hydroxylation sites is 1. The van der Waals surface area contributed by atoms with E-state index in [-0.39, 0.29) is 10.6 Å². The third kappa shape index (κ3) is 2.78. The number of nitro benzene ring substituents is 1. The molecule has 0 unspecified atom stereocenters. The Bertz CT molecular complexity index is 456. The van der Waals surface area contributed by atoms with Crippen molar-refractivity contribution in [3.63, 3.8) is 0 Å². The van der Waals surface area contributed by atoms with E-state index in [0.29, 0.717) is 11.4 Å². The van der Waals surface area contributed by atoms with Gasteiger partial charge in [0, 0.05) is 33.2 Å². The van der Waals surface area contributed by atoms with Crippen molar-refractivity contribution in [3.05, 3.63) is 28.3 Å². The van der Waals surface area contributed by atoms with Gasteiger partial charge in [0.25, 0.3) is 0 Å². The van der Waals surface area contributed by atoms with Crippen LogP contribution in [0.5, 0.6) is 0 Å². The van der Waals surface area contributed by atoms with Crippen LogP contribution in [0.4, 0.5) is 17.1 Å². The summed E-state index contributed by atoms with van der Waals surface area (Å²) < 4.78 is 0. The lowest BCUT2D eigenvalue weighted by Gasteiger charge is -2.35. The third-order valence-corrected chi connectivity index (χ3v) is 3.63. The van der Waals surface area contributed by atoms with Crippen LogP contribution in [-0.4, -0.2) is 49.6 Å². The number of anilines is 2. The molecule has 1 aromatic carbocycles. The standard InChI is InChI=1S/C13H20N4O2/c1-3-15-7-9-16(10-8-15)12-6-4-5-11(14-2)13(12)17(18)19/h4-6,14H,3,7-10H2,1-2H3. The fourth-order valence-electron chi connectivity index (χ4n) is 2.49. The molecule has 0 atom stereocenters. The highest BCUT2D eigenvalue weighted by atomic mass is 16.6. The summed E-state index contributed by atoms with van der Waals surface area (Å²) in [6, 6.07) is 5.44. The SMILES string of the molecule is CCN1CCN(c2cccc(NC)c2[N+](=O)[O-])CC1. The smallest absolute Gasteiger partial charge is 0.315 e. The molecule has 1 fully saturated rings. The van der Waals surface area contributed by atoms with E-state index in [4.69, 9.17) is 0 Å². The van der Waals surface area contributed by atoms with Crippen molar-refractivity contribution in [1.29, 1.82) is 0 Å². The highest BCUT2D eigenvalue weighted by Crippen LogP contribution is 2.35. The van der Waals surface area contributed by atoms with Crippen molar-refractivity contribution in [2.75, 3.05) is 50.0 Å². The van der Waals surface area contributed by atoms with Gasteiger partial charge in [0.15, 0.2) is 0 Å². The zero-order valence-corrected chi connectivity index (χ0v) is 11.4. The van der Waals surface area contributed by atoms with E-state index in [2.05, 4.69) is 22.0 Å². The van der Waals surface area contributed by atoms with Crippen LogP contribution in [0.15, 0.2) is 18.2 Å². The van der Waals surface area contributed by atoms with Gasteiger partial charge >= 0.3 is 5.69 Å². The van der Waals surface area contributed by atoms with Crippen molar-refractivity contribution in [3.8, 4) is 0 Å². The van der Waals surface area contributed by atoms with Gasteiger partial charge < -0.3 is 15.1 Å².